The Morgan fingerprint density at radius 2 is 2.25 bits per heavy atom. The van der Waals surface area contributed by atoms with Crippen molar-refractivity contribution in [2.24, 2.45) is 5.92 Å². The highest BCUT2D eigenvalue weighted by atomic mass is 35.5. The number of carbonyl (C=O) groups excluding carboxylic acids is 1. The second kappa shape index (κ2) is 6.46. The zero-order valence-electron chi connectivity index (χ0n) is 11.8. The van der Waals surface area contributed by atoms with Gasteiger partial charge in [0.05, 0.1) is 12.1 Å². The molecule has 4 nitrogen and oxygen atoms in total. The van der Waals surface area contributed by atoms with Crippen LogP contribution in [-0.4, -0.2) is 42.2 Å². The van der Waals surface area contributed by atoms with Crippen LogP contribution in [0.25, 0.3) is 0 Å². The van der Waals surface area contributed by atoms with Crippen LogP contribution >= 0.6 is 11.6 Å². The first-order valence-corrected chi connectivity index (χ1v) is 7.20. The minimum absolute atomic E-state index is 0.0365. The highest BCUT2D eigenvalue weighted by Gasteiger charge is 2.29. The smallest absolute Gasteiger partial charge is 0.254 e. The number of aliphatic hydroxyl groups is 1. The number of carbonyl (C=O) groups is 1. The predicted molar refractivity (Wildman–Crippen MR) is 78.3 cm³/mol. The molecule has 1 N–H and O–H groups in total. The Bertz CT molecular complexity index is 492. The minimum atomic E-state index is -0.0365. The molecule has 1 aromatic carbocycles. The summed E-state index contributed by atoms with van der Waals surface area (Å²) in [4.78, 5) is 14.4. The lowest BCUT2D eigenvalue weighted by atomic mass is 9.93. The first-order valence-electron chi connectivity index (χ1n) is 6.82. The molecule has 2 atom stereocenters. The molecule has 0 aliphatic carbocycles. The molecule has 0 aromatic heterocycles. The van der Waals surface area contributed by atoms with Crippen LogP contribution in [0.3, 0.4) is 0 Å². The zero-order chi connectivity index (χ0) is 14.7. The van der Waals surface area contributed by atoms with Crippen LogP contribution in [-0.2, 0) is 0 Å². The van der Waals surface area contributed by atoms with Crippen LogP contribution in [0.15, 0.2) is 18.2 Å². The molecule has 1 aliphatic heterocycles. The van der Waals surface area contributed by atoms with Crippen LogP contribution < -0.4 is 4.74 Å². The van der Waals surface area contributed by atoms with Crippen molar-refractivity contribution in [1.82, 2.24) is 4.90 Å². The largest absolute Gasteiger partial charge is 0.495 e. The van der Waals surface area contributed by atoms with Gasteiger partial charge in [0, 0.05) is 24.8 Å². The summed E-state index contributed by atoms with van der Waals surface area (Å²) in [5, 5.41) is 9.78. The Labute approximate surface area is 124 Å². The SMILES string of the molecule is COc1cc(C(=O)N2CC(CO)CCC2C)ccc1Cl. The van der Waals surface area contributed by atoms with E-state index in [1.807, 2.05) is 11.8 Å². The fourth-order valence-electron chi connectivity index (χ4n) is 2.57. The molecule has 2 unspecified atom stereocenters. The van der Waals surface area contributed by atoms with Gasteiger partial charge in [0.1, 0.15) is 5.75 Å². The fourth-order valence-corrected chi connectivity index (χ4v) is 2.77. The molecule has 1 heterocycles. The van der Waals surface area contributed by atoms with E-state index in [2.05, 4.69) is 0 Å². The Balaban J connectivity index is 2.21. The monoisotopic (exact) mass is 297 g/mol. The van der Waals surface area contributed by atoms with Crippen molar-refractivity contribution in [3.8, 4) is 5.75 Å². The van der Waals surface area contributed by atoms with E-state index in [9.17, 15) is 9.90 Å². The number of nitrogens with zero attached hydrogens (tertiary/aromatic N) is 1. The number of hydrogen-bond acceptors (Lipinski definition) is 3. The molecule has 1 aromatic rings. The van der Waals surface area contributed by atoms with Crippen molar-refractivity contribution >= 4 is 17.5 Å². The molecular formula is C15H20ClNO3. The number of halogens is 1. The summed E-state index contributed by atoms with van der Waals surface area (Å²) in [7, 11) is 1.53. The summed E-state index contributed by atoms with van der Waals surface area (Å²) in [6, 6.07) is 5.24. The van der Waals surface area contributed by atoms with Gasteiger partial charge in [-0.2, -0.15) is 0 Å². The molecule has 0 radical (unpaired) electrons. The number of methoxy groups -OCH3 is 1. The zero-order valence-corrected chi connectivity index (χ0v) is 12.6. The number of aliphatic hydroxyl groups excluding tert-OH is 1. The van der Waals surface area contributed by atoms with E-state index >= 15 is 0 Å². The third-order valence-electron chi connectivity index (χ3n) is 3.90. The van der Waals surface area contributed by atoms with Gasteiger partial charge in [-0.15, -0.1) is 0 Å². The Kier molecular flexibility index (Phi) is 4.89. The summed E-state index contributed by atoms with van der Waals surface area (Å²) in [5.74, 6) is 0.635. The Morgan fingerprint density at radius 1 is 1.50 bits per heavy atom. The Hall–Kier alpha value is -1.26. The molecule has 1 saturated heterocycles. The molecule has 1 amide bonds. The normalized spacial score (nSPS) is 22.7. The van der Waals surface area contributed by atoms with E-state index in [1.54, 1.807) is 18.2 Å². The molecular weight excluding hydrogens is 278 g/mol. The molecule has 20 heavy (non-hydrogen) atoms. The maximum Gasteiger partial charge on any atom is 0.254 e. The molecule has 110 valence electrons. The molecule has 2 rings (SSSR count). The third-order valence-corrected chi connectivity index (χ3v) is 4.21. The molecule has 1 aliphatic rings. The van der Waals surface area contributed by atoms with Crippen molar-refractivity contribution in [3.05, 3.63) is 28.8 Å². The summed E-state index contributed by atoms with van der Waals surface area (Å²) in [6.45, 7) is 2.76. The van der Waals surface area contributed by atoms with Gasteiger partial charge in [-0.3, -0.25) is 4.79 Å². The summed E-state index contributed by atoms with van der Waals surface area (Å²) >= 11 is 5.98. The topological polar surface area (TPSA) is 49.8 Å². The van der Waals surface area contributed by atoms with Crippen LogP contribution in [0, 0.1) is 5.92 Å². The number of hydrogen-bond donors (Lipinski definition) is 1. The van der Waals surface area contributed by atoms with E-state index in [4.69, 9.17) is 16.3 Å². The number of benzene rings is 1. The van der Waals surface area contributed by atoms with Gasteiger partial charge < -0.3 is 14.7 Å². The van der Waals surface area contributed by atoms with Crippen LogP contribution in [0.2, 0.25) is 5.02 Å². The van der Waals surface area contributed by atoms with Crippen LogP contribution in [0.5, 0.6) is 5.75 Å². The number of rotatable bonds is 3. The third kappa shape index (κ3) is 3.07. The molecule has 0 spiro atoms. The quantitative estimate of drug-likeness (QED) is 0.933. The van der Waals surface area contributed by atoms with E-state index in [0.29, 0.717) is 22.9 Å². The van der Waals surface area contributed by atoms with Gasteiger partial charge in [0.15, 0.2) is 0 Å². The highest BCUT2D eigenvalue weighted by Crippen LogP contribution is 2.28. The number of likely N-dealkylation sites (tertiary alicyclic amines) is 1. The van der Waals surface area contributed by atoms with E-state index in [1.165, 1.54) is 7.11 Å². The van der Waals surface area contributed by atoms with E-state index < -0.39 is 0 Å². The predicted octanol–water partition coefficient (Wildman–Crippen LogP) is 2.58. The molecule has 0 bridgehead atoms. The van der Waals surface area contributed by atoms with Crippen molar-refractivity contribution in [3.63, 3.8) is 0 Å². The maximum atomic E-state index is 12.6. The van der Waals surface area contributed by atoms with Crippen LogP contribution in [0.1, 0.15) is 30.1 Å². The van der Waals surface area contributed by atoms with Crippen molar-refractivity contribution in [2.45, 2.75) is 25.8 Å². The first kappa shape index (κ1) is 15.1. The fraction of sp³-hybridized carbons (Fsp3) is 0.533. The van der Waals surface area contributed by atoms with Gasteiger partial charge in [0.2, 0.25) is 0 Å². The van der Waals surface area contributed by atoms with E-state index in [0.717, 1.165) is 12.8 Å². The van der Waals surface area contributed by atoms with Gasteiger partial charge in [-0.25, -0.2) is 0 Å². The molecule has 0 saturated carbocycles. The van der Waals surface area contributed by atoms with Gasteiger partial charge in [-0.1, -0.05) is 11.6 Å². The number of amides is 1. The minimum Gasteiger partial charge on any atom is -0.495 e. The lowest BCUT2D eigenvalue weighted by Gasteiger charge is -2.37. The lowest BCUT2D eigenvalue weighted by Crippen LogP contribution is -2.46. The van der Waals surface area contributed by atoms with Gasteiger partial charge in [-0.05, 0) is 43.9 Å². The van der Waals surface area contributed by atoms with Crippen LogP contribution in [0.4, 0.5) is 0 Å². The van der Waals surface area contributed by atoms with Crippen molar-refractivity contribution in [1.29, 1.82) is 0 Å². The second-order valence-electron chi connectivity index (χ2n) is 5.28. The average Bonchev–Trinajstić information content (AvgIpc) is 2.47. The standard InChI is InChI=1S/C15H20ClNO3/c1-10-3-4-11(9-18)8-17(10)15(19)12-5-6-13(16)14(7-12)20-2/h5-7,10-11,18H,3-4,8-9H2,1-2H3. The maximum absolute atomic E-state index is 12.6. The van der Waals surface area contributed by atoms with Crippen molar-refractivity contribution < 1.29 is 14.6 Å². The Morgan fingerprint density at radius 3 is 2.90 bits per heavy atom. The first-order chi connectivity index (χ1) is 9.56. The summed E-state index contributed by atoms with van der Waals surface area (Å²) < 4.78 is 5.15. The molecule has 5 heteroatoms. The van der Waals surface area contributed by atoms with Gasteiger partial charge in [0.25, 0.3) is 5.91 Å². The average molecular weight is 298 g/mol. The molecule has 1 fully saturated rings. The summed E-state index contributed by atoms with van der Waals surface area (Å²) in [6.07, 6.45) is 1.88. The highest BCUT2D eigenvalue weighted by molar-refractivity contribution is 6.32. The second-order valence-corrected chi connectivity index (χ2v) is 5.69. The number of ether oxygens (including phenoxy) is 1. The summed E-state index contributed by atoms with van der Waals surface area (Å²) in [5.41, 5.74) is 0.566. The number of piperidine rings is 1. The van der Waals surface area contributed by atoms with Gasteiger partial charge >= 0.3 is 0 Å². The van der Waals surface area contributed by atoms with E-state index in [-0.39, 0.29) is 24.5 Å². The lowest BCUT2D eigenvalue weighted by molar-refractivity contribution is 0.0488. The van der Waals surface area contributed by atoms with Crippen molar-refractivity contribution in [2.75, 3.05) is 20.3 Å².